The summed E-state index contributed by atoms with van der Waals surface area (Å²) in [5, 5.41) is 4.92. The van der Waals surface area contributed by atoms with Gasteiger partial charge in [0, 0.05) is 55.2 Å². The Kier molecular flexibility index (Phi) is 8.84. The molecule has 16 nitrogen and oxygen atoms in total. The standard InChI is InChI=1S/C24H24N8O8P2/c1-37-23(35)25-5-3-17(33)41-21-27-9-13(31-21)19-29-11-7-16-12(8-15(11)39-19)30-20(40-16)14-10-28-22(32-14)42-18(34)4-6-26-24(36)38-2/h7-10,41-42H,3-6H2,1-2H3,(H,25,35)(H,26,36)(H,27,31)(H,28,32). The molecule has 0 spiro atoms. The fraction of sp³-hybridized carbons (Fsp3) is 0.250. The number of rotatable bonds is 12. The number of benzene rings is 1. The maximum Gasteiger partial charge on any atom is 0.406 e. The zero-order chi connectivity index (χ0) is 29.6. The lowest BCUT2D eigenvalue weighted by Gasteiger charge is -2.02. The quantitative estimate of drug-likeness (QED) is 0.148. The van der Waals surface area contributed by atoms with E-state index >= 15 is 0 Å². The lowest BCUT2D eigenvalue weighted by atomic mass is 10.3. The van der Waals surface area contributed by atoms with Crippen LogP contribution in [0, 0.1) is 0 Å². The summed E-state index contributed by atoms with van der Waals surface area (Å²) in [4.78, 5) is 70.1. The van der Waals surface area contributed by atoms with Crippen LogP contribution < -0.4 is 21.8 Å². The average molecular weight is 614 g/mol. The number of ether oxygens (including phenoxy) is 2. The van der Waals surface area contributed by atoms with Gasteiger partial charge in [-0.1, -0.05) is 0 Å². The first-order valence-corrected chi connectivity index (χ1v) is 14.4. The van der Waals surface area contributed by atoms with Gasteiger partial charge in [0.25, 0.3) is 0 Å². The van der Waals surface area contributed by atoms with Crippen LogP contribution in [-0.2, 0) is 19.1 Å². The van der Waals surface area contributed by atoms with Crippen LogP contribution in [0.25, 0.3) is 45.4 Å². The molecule has 0 saturated carbocycles. The molecule has 218 valence electrons. The monoisotopic (exact) mass is 614 g/mol. The van der Waals surface area contributed by atoms with Gasteiger partial charge in [0.1, 0.15) is 33.6 Å². The van der Waals surface area contributed by atoms with Gasteiger partial charge in [0.15, 0.2) is 22.2 Å². The zero-order valence-corrected chi connectivity index (χ0v) is 24.2. The summed E-state index contributed by atoms with van der Waals surface area (Å²) >= 11 is 0. The molecule has 2 unspecified atom stereocenters. The van der Waals surface area contributed by atoms with E-state index in [1.165, 1.54) is 26.6 Å². The number of imidazole rings is 2. The van der Waals surface area contributed by atoms with Gasteiger partial charge in [0.05, 0.1) is 26.6 Å². The fourth-order valence-electron chi connectivity index (χ4n) is 3.66. The highest BCUT2D eigenvalue weighted by atomic mass is 31.1. The van der Waals surface area contributed by atoms with Crippen molar-refractivity contribution in [2.45, 2.75) is 12.8 Å². The van der Waals surface area contributed by atoms with E-state index in [9.17, 15) is 19.2 Å². The van der Waals surface area contributed by atoms with Crippen LogP contribution in [0.4, 0.5) is 9.59 Å². The van der Waals surface area contributed by atoms with E-state index in [1.807, 2.05) is 0 Å². The molecule has 4 heterocycles. The molecule has 5 aromatic rings. The molecule has 4 aromatic heterocycles. The second-order valence-corrected chi connectivity index (χ2v) is 11.1. The predicted molar refractivity (Wildman–Crippen MR) is 153 cm³/mol. The number of alkyl carbamates (subject to hydrolysis) is 2. The van der Waals surface area contributed by atoms with Crippen LogP contribution in [-0.4, -0.2) is 80.4 Å². The van der Waals surface area contributed by atoms with Gasteiger partial charge in [0.2, 0.25) is 11.8 Å². The summed E-state index contributed by atoms with van der Waals surface area (Å²) in [6.45, 7) is 0.348. The number of hydrogen-bond donors (Lipinski definition) is 4. The van der Waals surface area contributed by atoms with Crippen molar-refractivity contribution in [3.63, 3.8) is 0 Å². The molecular formula is C24H24N8O8P2. The highest BCUT2D eigenvalue weighted by Gasteiger charge is 2.18. The molecule has 0 radical (unpaired) electrons. The smallest absolute Gasteiger partial charge is 0.406 e. The van der Waals surface area contributed by atoms with Crippen molar-refractivity contribution in [1.29, 1.82) is 0 Å². The second kappa shape index (κ2) is 12.9. The van der Waals surface area contributed by atoms with Crippen molar-refractivity contribution >= 4 is 73.7 Å². The molecule has 0 fully saturated rings. The van der Waals surface area contributed by atoms with Crippen molar-refractivity contribution in [2.24, 2.45) is 0 Å². The van der Waals surface area contributed by atoms with E-state index in [-0.39, 0.29) is 65.9 Å². The lowest BCUT2D eigenvalue weighted by Crippen LogP contribution is -2.25. The number of methoxy groups -OCH3 is 2. The first kappa shape index (κ1) is 28.8. The Morgan fingerprint density at radius 1 is 0.762 bits per heavy atom. The van der Waals surface area contributed by atoms with Crippen LogP contribution >= 0.6 is 17.2 Å². The minimum Gasteiger partial charge on any atom is -0.453 e. The second-order valence-electron chi connectivity index (χ2n) is 8.55. The number of carbonyl (C=O) groups is 4. The molecule has 0 saturated heterocycles. The van der Waals surface area contributed by atoms with Gasteiger partial charge in [-0.2, -0.15) is 0 Å². The number of nitrogens with one attached hydrogen (secondary N) is 4. The Balaban J connectivity index is 1.22. The molecule has 2 atom stereocenters. The molecule has 18 heteroatoms. The number of amides is 2. The SMILES string of the molecule is COC(=O)NCCC(=O)Pc1ncc(-c2nc3cc4oc(-c5cnc(PC(=O)CCNC(=O)OC)[nH]5)nc4cc3o2)[nH]1. The molecule has 0 bridgehead atoms. The van der Waals surface area contributed by atoms with Crippen LogP contribution in [0.15, 0.2) is 33.4 Å². The summed E-state index contributed by atoms with van der Waals surface area (Å²) in [6.07, 6.45) is 2.17. The number of oxazole rings is 2. The minimum atomic E-state index is -0.593. The van der Waals surface area contributed by atoms with Crippen molar-refractivity contribution in [2.75, 3.05) is 27.3 Å². The third kappa shape index (κ3) is 6.96. The minimum absolute atomic E-state index is 0.0866. The van der Waals surface area contributed by atoms with Gasteiger partial charge < -0.3 is 38.9 Å². The van der Waals surface area contributed by atoms with Gasteiger partial charge in [-0.05, 0) is 0 Å². The highest BCUT2D eigenvalue weighted by Crippen LogP contribution is 2.30. The van der Waals surface area contributed by atoms with E-state index in [2.05, 4.69) is 50.0 Å². The van der Waals surface area contributed by atoms with Gasteiger partial charge >= 0.3 is 12.2 Å². The van der Waals surface area contributed by atoms with E-state index in [0.29, 0.717) is 44.7 Å². The van der Waals surface area contributed by atoms with E-state index < -0.39 is 12.2 Å². The number of fused-ring (bicyclic) bond motifs is 2. The summed E-state index contributed by atoms with van der Waals surface area (Å²) in [7, 11) is 2.05. The molecule has 1 aromatic carbocycles. The first-order valence-electron chi connectivity index (χ1n) is 12.4. The van der Waals surface area contributed by atoms with Crippen LogP contribution in [0.1, 0.15) is 12.8 Å². The number of nitrogens with zero attached hydrogens (tertiary/aromatic N) is 4. The average Bonchev–Trinajstić information content (AvgIpc) is 3.77. The van der Waals surface area contributed by atoms with E-state index in [4.69, 9.17) is 8.83 Å². The maximum absolute atomic E-state index is 12.2. The predicted octanol–water partition coefficient (Wildman–Crippen LogP) is 1.90. The first-order chi connectivity index (χ1) is 20.3. The number of aromatic nitrogens is 6. The van der Waals surface area contributed by atoms with E-state index in [1.54, 1.807) is 12.1 Å². The molecule has 4 N–H and O–H groups in total. The normalized spacial score (nSPS) is 11.7. The molecule has 5 rings (SSSR count). The highest BCUT2D eigenvalue weighted by molar-refractivity contribution is 7.65. The Morgan fingerprint density at radius 2 is 1.19 bits per heavy atom. The third-order valence-corrected chi connectivity index (χ3v) is 7.68. The number of hydrogen-bond acceptors (Lipinski definition) is 12. The van der Waals surface area contributed by atoms with E-state index in [0.717, 1.165) is 0 Å². The Bertz CT molecular complexity index is 1600. The summed E-state index contributed by atoms with van der Waals surface area (Å²) in [5.74, 6) is 0.568. The zero-order valence-electron chi connectivity index (χ0n) is 22.2. The van der Waals surface area contributed by atoms with Gasteiger partial charge in [-0.25, -0.2) is 29.5 Å². The van der Waals surface area contributed by atoms with Crippen molar-refractivity contribution < 1.29 is 37.5 Å². The fourth-order valence-corrected chi connectivity index (χ4v) is 5.34. The number of H-pyrrole nitrogens is 2. The van der Waals surface area contributed by atoms with Crippen LogP contribution in [0.5, 0.6) is 0 Å². The molecule has 42 heavy (non-hydrogen) atoms. The largest absolute Gasteiger partial charge is 0.453 e. The van der Waals surface area contributed by atoms with Crippen molar-refractivity contribution in [3.8, 4) is 23.2 Å². The number of aromatic amines is 2. The third-order valence-electron chi connectivity index (χ3n) is 5.64. The van der Waals surface area contributed by atoms with Crippen LogP contribution in [0.3, 0.4) is 0 Å². The molecule has 2 amide bonds. The Morgan fingerprint density at radius 3 is 1.60 bits per heavy atom. The summed E-state index contributed by atoms with van der Waals surface area (Å²) in [6, 6.07) is 3.39. The lowest BCUT2D eigenvalue weighted by molar-refractivity contribution is -0.111. The molecule has 0 aliphatic carbocycles. The molecular weight excluding hydrogens is 590 g/mol. The summed E-state index contributed by atoms with van der Waals surface area (Å²) < 4.78 is 20.8. The van der Waals surface area contributed by atoms with Gasteiger partial charge in [-0.3, -0.25) is 9.59 Å². The topological polar surface area (TPSA) is 220 Å². The molecule has 0 aliphatic rings. The van der Waals surface area contributed by atoms with Gasteiger partial charge in [-0.15, -0.1) is 0 Å². The van der Waals surface area contributed by atoms with Crippen LogP contribution in [0.2, 0.25) is 0 Å². The van der Waals surface area contributed by atoms with Crippen molar-refractivity contribution in [1.82, 2.24) is 40.5 Å². The maximum atomic E-state index is 12.2. The Labute approximate surface area is 239 Å². The molecule has 0 aliphatic heterocycles. The summed E-state index contributed by atoms with van der Waals surface area (Å²) in [5.41, 5.74) is 3.76. The Hall–Kier alpha value is -4.68. The number of carbonyl (C=O) groups excluding carboxylic acids is 4. The van der Waals surface area contributed by atoms with Crippen molar-refractivity contribution in [3.05, 3.63) is 24.5 Å².